The van der Waals surface area contributed by atoms with Gasteiger partial charge in [0.15, 0.2) is 28.6 Å². The zero-order chi connectivity index (χ0) is 35.8. The van der Waals surface area contributed by atoms with Gasteiger partial charge in [0, 0.05) is 33.4 Å². The van der Waals surface area contributed by atoms with Crippen LogP contribution in [0.4, 0.5) is 0 Å². The number of aromatic nitrogens is 5. The lowest BCUT2D eigenvalue weighted by atomic mass is 10.0. The Labute approximate surface area is 310 Å². The van der Waals surface area contributed by atoms with Crippen LogP contribution in [-0.2, 0) is 0 Å². The molecule has 7 nitrogen and oxygen atoms in total. The van der Waals surface area contributed by atoms with Crippen LogP contribution in [0.1, 0.15) is 0 Å². The van der Waals surface area contributed by atoms with Crippen molar-refractivity contribution in [3.63, 3.8) is 0 Å². The van der Waals surface area contributed by atoms with Crippen LogP contribution in [0.15, 0.2) is 185 Å². The Kier molecular flexibility index (Phi) is 7.66. The van der Waals surface area contributed by atoms with Crippen molar-refractivity contribution in [3.05, 3.63) is 176 Å². The first-order valence-electron chi connectivity index (χ1n) is 17.7. The molecule has 54 heavy (non-hydrogen) atoms. The molecule has 0 radical (unpaired) electrons. The van der Waals surface area contributed by atoms with Gasteiger partial charge in [-0.3, -0.25) is 0 Å². The van der Waals surface area contributed by atoms with E-state index in [0.717, 1.165) is 72.3 Å². The Morgan fingerprint density at radius 1 is 0.296 bits per heavy atom. The van der Waals surface area contributed by atoms with Gasteiger partial charge in [-0.1, -0.05) is 127 Å². The molecule has 254 valence electrons. The van der Waals surface area contributed by atoms with E-state index in [9.17, 15) is 0 Å². The van der Waals surface area contributed by atoms with Crippen molar-refractivity contribution in [3.8, 4) is 79.3 Å². The lowest BCUT2D eigenvalue weighted by molar-refractivity contribution is 0.619. The maximum atomic E-state index is 6.15. The van der Waals surface area contributed by atoms with Crippen LogP contribution < -0.4 is 0 Å². The lowest BCUT2D eigenvalue weighted by Gasteiger charge is -2.10. The first-order valence-corrected chi connectivity index (χ1v) is 17.7. The summed E-state index contributed by atoms with van der Waals surface area (Å²) in [5.41, 5.74) is 11.7. The Morgan fingerprint density at radius 2 is 0.778 bits per heavy atom. The minimum atomic E-state index is 0.583. The molecule has 0 aliphatic heterocycles. The molecular formula is C47H29N5O2. The molecular weight excluding hydrogens is 667 g/mol. The van der Waals surface area contributed by atoms with Crippen molar-refractivity contribution in [2.75, 3.05) is 0 Å². The molecule has 0 saturated heterocycles. The highest BCUT2D eigenvalue weighted by Crippen LogP contribution is 2.34. The highest BCUT2D eigenvalue weighted by atomic mass is 16.4. The Hall–Kier alpha value is -7.51. The molecule has 0 N–H and O–H groups in total. The van der Waals surface area contributed by atoms with Gasteiger partial charge in [0.25, 0.3) is 0 Å². The van der Waals surface area contributed by atoms with Crippen molar-refractivity contribution in [1.29, 1.82) is 0 Å². The van der Waals surface area contributed by atoms with Crippen molar-refractivity contribution in [1.82, 2.24) is 24.9 Å². The van der Waals surface area contributed by atoms with Crippen LogP contribution in [0.5, 0.6) is 0 Å². The van der Waals surface area contributed by atoms with Gasteiger partial charge in [0.05, 0.1) is 0 Å². The summed E-state index contributed by atoms with van der Waals surface area (Å²) >= 11 is 0. The zero-order valence-electron chi connectivity index (χ0n) is 28.8. The molecule has 0 amide bonds. The molecule has 10 rings (SSSR count). The smallest absolute Gasteiger partial charge is 0.227 e. The Morgan fingerprint density at radius 3 is 1.46 bits per heavy atom. The summed E-state index contributed by atoms with van der Waals surface area (Å²) in [4.78, 5) is 24.6. The van der Waals surface area contributed by atoms with Crippen molar-refractivity contribution < 1.29 is 8.83 Å². The number of fused-ring (bicyclic) bond motifs is 2. The van der Waals surface area contributed by atoms with Crippen LogP contribution >= 0.6 is 0 Å². The van der Waals surface area contributed by atoms with E-state index in [4.69, 9.17) is 33.8 Å². The molecule has 0 aliphatic carbocycles. The van der Waals surface area contributed by atoms with E-state index < -0.39 is 0 Å². The second-order valence-electron chi connectivity index (χ2n) is 12.9. The summed E-state index contributed by atoms with van der Waals surface area (Å²) in [7, 11) is 0. The molecule has 3 aromatic heterocycles. The minimum absolute atomic E-state index is 0.583. The van der Waals surface area contributed by atoms with Gasteiger partial charge in [-0.15, -0.1) is 0 Å². The van der Waals surface area contributed by atoms with E-state index >= 15 is 0 Å². The SMILES string of the molecule is c1ccc(-c2nc(-c3ccc(-c4cccc5oc(-c6ccccc6)nc45)cc3)nc(-c3cccc(-c4ccc5oc(-c6ccccc6)nc5c4)c3)n2)cc1. The molecule has 0 fully saturated rings. The van der Waals surface area contributed by atoms with Crippen LogP contribution in [0, 0.1) is 0 Å². The van der Waals surface area contributed by atoms with E-state index in [0.29, 0.717) is 29.3 Å². The average Bonchev–Trinajstić information content (AvgIpc) is 3.90. The monoisotopic (exact) mass is 695 g/mol. The molecule has 7 heteroatoms. The summed E-state index contributed by atoms with van der Waals surface area (Å²) in [5.74, 6) is 2.96. The first kappa shape index (κ1) is 31.2. The molecule has 0 atom stereocenters. The Balaban J connectivity index is 1.01. The zero-order valence-corrected chi connectivity index (χ0v) is 28.8. The quantitative estimate of drug-likeness (QED) is 0.164. The third kappa shape index (κ3) is 5.89. The number of para-hydroxylation sites is 1. The van der Waals surface area contributed by atoms with Gasteiger partial charge in [-0.05, 0) is 65.2 Å². The number of hydrogen-bond acceptors (Lipinski definition) is 7. The predicted octanol–water partition coefficient (Wildman–Crippen LogP) is 11.8. The maximum Gasteiger partial charge on any atom is 0.227 e. The lowest BCUT2D eigenvalue weighted by Crippen LogP contribution is -2.00. The summed E-state index contributed by atoms with van der Waals surface area (Å²) in [6, 6.07) is 58.5. The number of oxazole rings is 2. The number of rotatable bonds is 7. The standard InChI is InChI=1S/C47H29N5O2/c1-4-12-31(13-5-1)43-50-44(32-24-22-30(23-25-32)38-20-11-21-41-42(38)49-47(54-41)34-16-8-3-9-17-34)52-45(51-43)37-19-10-18-35(28-37)36-26-27-40-39(29-36)48-46(53-40)33-14-6-2-7-15-33/h1-29H. The molecule has 0 bridgehead atoms. The van der Waals surface area contributed by atoms with E-state index in [-0.39, 0.29) is 0 Å². The summed E-state index contributed by atoms with van der Waals surface area (Å²) in [5, 5.41) is 0. The normalized spacial score (nSPS) is 11.3. The van der Waals surface area contributed by atoms with Gasteiger partial charge in [0.2, 0.25) is 11.8 Å². The summed E-state index contributed by atoms with van der Waals surface area (Å²) in [6.07, 6.45) is 0. The van der Waals surface area contributed by atoms with Gasteiger partial charge in [-0.25, -0.2) is 24.9 Å². The number of nitrogens with zero attached hydrogens (tertiary/aromatic N) is 5. The average molecular weight is 696 g/mol. The summed E-state index contributed by atoms with van der Waals surface area (Å²) in [6.45, 7) is 0. The predicted molar refractivity (Wildman–Crippen MR) is 213 cm³/mol. The molecule has 0 saturated carbocycles. The fourth-order valence-electron chi connectivity index (χ4n) is 6.68. The van der Waals surface area contributed by atoms with Gasteiger partial charge in [0.1, 0.15) is 11.0 Å². The topological polar surface area (TPSA) is 90.7 Å². The largest absolute Gasteiger partial charge is 0.436 e. The fraction of sp³-hybridized carbons (Fsp3) is 0. The molecule has 10 aromatic rings. The fourth-order valence-corrected chi connectivity index (χ4v) is 6.68. The minimum Gasteiger partial charge on any atom is -0.436 e. The number of hydrogen-bond donors (Lipinski definition) is 0. The molecule has 0 spiro atoms. The van der Waals surface area contributed by atoms with Crippen LogP contribution in [0.25, 0.3) is 102 Å². The van der Waals surface area contributed by atoms with E-state index in [1.807, 2.05) is 133 Å². The van der Waals surface area contributed by atoms with Gasteiger partial charge in [-0.2, -0.15) is 0 Å². The second-order valence-corrected chi connectivity index (χ2v) is 12.9. The van der Waals surface area contributed by atoms with Crippen LogP contribution in [0.3, 0.4) is 0 Å². The van der Waals surface area contributed by atoms with Crippen molar-refractivity contribution in [2.24, 2.45) is 0 Å². The van der Waals surface area contributed by atoms with E-state index in [2.05, 4.69) is 42.5 Å². The van der Waals surface area contributed by atoms with Gasteiger partial charge >= 0.3 is 0 Å². The first-order chi connectivity index (χ1) is 26.7. The maximum absolute atomic E-state index is 6.15. The second kappa shape index (κ2) is 13.2. The third-order valence-corrected chi connectivity index (χ3v) is 9.42. The molecule has 0 aliphatic rings. The van der Waals surface area contributed by atoms with Crippen molar-refractivity contribution >= 4 is 22.2 Å². The highest BCUT2D eigenvalue weighted by Gasteiger charge is 2.16. The van der Waals surface area contributed by atoms with Crippen LogP contribution in [-0.4, -0.2) is 24.9 Å². The third-order valence-electron chi connectivity index (χ3n) is 9.42. The van der Waals surface area contributed by atoms with E-state index in [1.165, 1.54) is 0 Å². The highest BCUT2D eigenvalue weighted by molar-refractivity contribution is 5.92. The summed E-state index contributed by atoms with van der Waals surface area (Å²) < 4.78 is 12.2. The van der Waals surface area contributed by atoms with Crippen molar-refractivity contribution in [2.45, 2.75) is 0 Å². The number of benzene rings is 7. The van der Waals surface area contributed by atoms with Gasteiger partial charge < -0.3 is 8.83 Å². The van der Waals surface area contributed by atoms with Crippen LogP contribution in [0.2, 0.25) is 0 Å². The molecule has 7 aromatic carbocycles. The molecule has 0 unspecified atom stereocenters. The molecule has 3 heterocycles. The van der Waals surface area contributed by atoms with E-state index in [1.54, 1.807) is 0 Å². The Bertz CT molecular complexity index is 2920.